The standard InChI is InChI=1S/C13H25NO/c1-7-8-9-11(10(2)3)12(15)14-13(4,5)6/h7,10-11H,1,8-9H2,2-6H3,(H,14,15). The largest absolute Gasteiger partial charge is 0.351 e. The van der Waals surface area contributed by atoms with Crippen LogP contribution in [0.15, 0.2) is 12.7 Å². The second kappa shape index (κ2) is 5.94. The number of carbonyl (C=O) groups excluding carboxylic acids is 1. The summed E-state index contributed by atoms with van der Waals surface area (Å²) < 4.78 is 0. The summed E-state index contributed by atoms with van der Waals surface area (Å²) in [6.07, 6.45) is 3.67. The molecule has 2 heteroatoms. The summed E-state index contributed by atoms with van der Waals surface area (Å²) in [6.45, 7) is 13.9. The summed E-state index contributed by atoms with van der Waals surface area (Å²) in [7, 11) is 0. The quantitative estimate of drug-likeness (QED) is 0.695. The number of rotatable bonds is 5. The molecule has 0 radical (unpaired) electrons. The van der Waals surface area contributed by atoms with Crippen LogP contribution in [0.5, 0.6) is 0 Å². The first-order valence-electron chi connectivity index (χ1n) is 5.71. The van der Waals surface area contributed by atoms with Gasteiger partial charge in [0.15, 0.2) is 0 Å². The number of amides is 1. The van der Waals surface area contributed by atoms with Gasteiger partial charge in [0.25, 0.3) is 0 Å². The van der Waals surface area contributed by atoms with Crippen LogP contribution in [0.4, 0.5) is 0 Å². The maximum atomic E-state index is 12.0. The van der Waals surface area contributed by atoms with Crippen LogP contribution < -0.4 is 5.32 Å². The van der Waals surface area contributed by atoms with Gasteiger partial charge in [-0.3, -0.25) is 4.79 Å². The molecular formula is C13H25NO. The lowest BCUT2D eigenvalue weighted by molar-refractivity contribution is -0.128. The monoisotopic (exact) mass is 211 g/mol. The van der Waals surface area contributed by atoms with Crippen molar-refractivity contribution >= 4 is 5.91 Å². The molecule has 0 aliphatic rings. The van der Waals surface area contributed by atoms with Crippen molar-refractivity contribution < 1.29 is 4.79 Å². The molecule has 0 aliphatic heterocycles. The summed E-state index contributed by atoms with van der Waals surface area (Å²) in [4.78, 5) is 12.0. The van der Waals surface area contributed by atoms with Gasteiger partial charge < -0.3 is 5.32 Å². The number of carbonyl (C=O) groups is 1. The molecule has 0 saturated carbocycles. The van der Waals surface area contributed by atoms with E-state index in [4.69, 9.17) is 0 Å². The molecule has 1 atom stereocenters. The third-order valence-corrected chi connectivity index (χ3v) is 2.32. The molecule has 1 N–H and O–H groups in total. The van der Waals surface area contributed by atoms with Gasteiger partial charge >= 0.3 is 0 Å². The summed E-state index contributed by atoms with van der Waals surface area (Å²) in [5.41, 5.74) is -0.140. The van der Waals surface area contributed by atoms with E-state index in [1.807, 2.05) is 26.8 Å². The van der Waals surface area contributed by atoms with Gasteiger partial charge in [-0.1, -0.05) is 19.9 Å². The summed E-state index contributed by atoms with van der Waals surface area (Å²) in [5.74, 6) is 0.647. The van der Waals surface area contributed by atoms with E-state index in [1.165, 1.54) is 0 Å². The highest BCUT2D eigenvalue weighted by Gasteiger charge is 2.24. The molecule has 0 aromatic heterocycles. The molecule has 0 aromatic carbocycles. The first-order valence-corrected chi connectivity index (χ1v) is 5.71. The van der Waals surface area contributed by atoms with E-state index in [0.717, 1.165) is 12.8 Å². The van der Waals surface area contributed by atoms with Gasteiger partial charge in [0, 0.05) is 11.5 Å². The fourth-order valence-corrected chi connectivity index (χ4v) is 1.53. The lowest BCUT2D eigenvalue weighted by Gasteiger charge is -2.26. The Hall–Kier alpha value is -0.790. The minimum atomic E-state index is -0.140. The maximum absolute atomic E-state index is 12.0. The number of hydrogen-bond acceptors (Lipinski definition) is 1. The average molecular weight is 211 g/mol. The van der Waals surface area contributed by atoms with Gasteiger partial charge in [0.1, 0.15) is 0 Å². The van der Waals surface area contributed by atoms with Crippen molar-refractivity contribution in [3.63, 3.8) is 0 Å². The Bertz CT molecular complexity index is 213. The van der Waals surface area contributed by atoms with E-state index in [2.05, 4.69) is 25.7 Å². The van der Waals surface area contributed by atoms with Gasteiger partial charge in [-0.25, -0.2) is 0 Å². The summed E-state index contributed by atoms with van der Waals surface area (Å²) >= 11 is 0. The molecule has 0 bridgehead atoms. The van der Waals surface area contributed by atoms with Crippen molar-refractivity contribution in [3.8, 4) is 0 Å². The van der Waals surface area contributed by atoms with E-state index in [-0.39, 0.29) is 17.4 Å². The Morgan fingerprint density at radius 2 is 1.93 bits per heavy atom. The molecule has 1 amide bonds. The topological polar surface area (TPSA) is 29.1 Å². The normalized spacial score (nSPS) is 13.7. The van der Waals surface area contributed by atoms with Crippen molar-refractivity contribution in [2.45, 2.75) is 53.0 Å². The zero-order chi connectivity index (χ0) is 12.1. The van der Waals surface area contributed by atoms with Crippen LogP contribution in [0, 0.1) is 11.8 Å². The smallest absolute Gasteiger partial charge is 0.223 e. The lowest BCUT2D eigenvalue weighted by Crippen LogP contribution is -2.45. The van der Waals surface area contributed by atoms with Gasteiger partial charge in [-0.05, 0) is 39.5 Å². The molecule has 0 fully saturated rings. The number of hydrogen-bond donors (Lipinski definition) is 1. The first-order chi connectivity index (χ1) is 6.78. The second-order valence-electron chi connectivity index (χ2n) is 5.46. The van der Waals surface area contributed by atoms with Gasteiger partial charge in [0.2, 0.25) is 5.91 Å². The minimum Gasteiger partial charge on any atom is -0.351 e. The average Bonchev–Trinajstić information content (AvgIpc) is 2.00. The number of nitrogens with one attached hydrogen (secondary N) is 1. The summed E-state index contributed by atoms with van der Waals surface area (Å²) in [5, 5.41) is 3.04. The van der Waals surface area contributed by atoms with Crippen LogP contribution in [0.2, 0.25) is 0 Å². The van der Waals surface area contributed by atoms with Crippen LogP contribution in [-0.2, 0) is 4.79 Å². The molecule has 1 unspecified atom stereocenters. The maximum Gasteiger partial charge on any atom is 0.223 e. The molecule has 0 aliphatic carbocycles. The lowest BCUT2D eigenvalue weighted by atomic mass is 9.89. The molecular weight excluding hydrogens is 186 g/mol. The highest BCUT2D eigenvalue weighted by molar-refractivity contribution is 5.79. The van der Waals surface area contributed by atoms with Crippen LogP contribution in [0.3, 0.4) is 0 Å². The van der Waals surface area contributed by atoms with E-state index in [9.17, 15) is 4.79 Å². The Labute approximate surface area is 94.1 Å². The molecule has 0 spiro atoms. The summed E-state index contributed by atoms with van der Waals surface area (Å²) in [6, 6.07) is 0. The van der Waals surface area contributed by atoms with Crippen LogP contribution in [-0.4, -0.2) is 11.4 Å². The molecule has 15 heavy (non-hydrogen) atoms. The Morgan fingerprint density at radius 3 is 2.27 bits per heavy atom. The highest BCUT2D eigenvalue weighted by atomic mass is 16.2. The van der Waals surface area contributed by atoms with Crippen molar-refractivity contribution in [2.75, 3.05) is 0 Å². The molecule has 0 rings (SSSR count). The highest BCUT2D eigenvalue weighted by Crippen LogP contribution is 2.18. The molecule has 0 aromatic rings. The Balaban J connectivity index is 4.35. The van der Waals surface area contributed by atoms with E-state index >= 15 is 0 Å². The Morgan fingerprint density at radius 1 is 1.40 bits per heavy atom. The molecule has 0 saturated heterocycles. The zero-order valence-electron chi connectivity index (χ0n) is 10.8. The van der Waals surface area contributed by atoms with Crippen molar-refractivity contribution in [3.05, 3.63) is 12.7 Å². The molecule has 2 nitrogen and oxygen atoms in total. The zero-order valence-corrected chi connectivity index (χ0v) is 10.8. The second-order valence-corrected chi connectivity index (χ2v) is 5.46. The molecule has 0 heterocycles. The van der Waals surface area contributed by atoms with Crippen LogP contribution >= 0.6 is 0 Å². The fourth-order valence-electron chi connectivity index (χ4n) is 1.53. The fraction of sp³-hybridized carbons (Fsp3) is 0.769. The minimum absolute atomic E-state index is 0.0993. The van der Waals surface area contributed by atoms with Crippen LogP contribution in [0.1, 0.15) is 47.5 Å². The number of allylic oxidation sites excluding steroid dienone is 1. The van der Waals surface area contributed by atoms with E-state index < -0.39 is 0 Å². The molecule has 88 valence electrons. The Kier molecular flexibility index (Phi) is 5.63. The predicted octanol–water partition coefficient (Wildman–Crippen LogP) is 3.14. The van der Waals surface area contributed by atoms with Crippen molar-refractivity contribution in [2.24, 2.45) is 11.8 Å². The van der Waals surface area contributed by atoms with E-state index in [0.29, 0.717) is 5.92 Å². The van der Waals surface area contributed by atoms with Crippen molar-refractivity contribution in [1.29, 1.82) is 0 Å². The van der Waals surface area contributed by atoms with Crippen LogP contribution in [0.25, 0.3) is 0 Å². The first kappa shape index (κ1) is 14.2. The van der Waals surface area contributed by atoms with Crippen molar-refractivity contribution in [1.82, 2.24) is 5.32 Å². The third kappa shape index (κ3) is 6.32. The predicted molar refractivity (Wildman–Crippen MR) is 65.7 cm³/mol. The van der Waals surface area contributed by atoms with Gasteiger partial charge in [0.05, 0.1) is 0 Å². The third-order valence-electron chi connectivity index (χ3n) is 2.32. The van der Waals surface area contributed by atoms with Gasteiger partial charge in [-0.2, -0.15) is 0 Å². The van der Waals surface area contributed by atoms with Gasteiger partial charge in [-0.15, -0.1) is 6.58 Å². The SMILES string of the molecule is C=CCCC(C(=O)NC(C)(C)C)C(C)C. The van der Waals surface area contributed by atoms with E-state index in [1.54, 1.807) is 0 Å².